The summed E-state index contributed by atoms with van der Waals surface area (Å²) in [5.74, 6) is -1.81. The predicted octanol–water partition coefficient (Wildman–Crippen LogP) is 3.19. The largest absolute Gasteiger partial charge is 0.350 e. The quantitative estimate of drug-likeness (QED) is 0.848. The van der Waals surface area contributed by atoms with Crippen LogP contribution in [0.1, 0.15) is 26.3 Å². The minimum atomic E-state index is -0.699. The number of nitrogens with one attached hydrogen (secondary N) is 1. The van der Waals surface area contributed by atoms with Gasteiger partial charge >= 0.3 is 0 Å². The smallest absolute Gasteiger partial charge is 0.225 e. The van der Waals surface area contributed by atoms with Crippen molar-refractivity contribution in [1.29, 1.82) is 0 Å². The molecule has 1 amide bonds. The van der Waals surface area contributed by atoms with Gasteiger partial charge in [-0.25, -0.2) is 8.78 Å². The summed E-state index contributed by atoms with van der Waals surface area (Å²) in [6.45, 7) is 5.56. The van der Waals surface area contributed by atoms with Crippen LogP contribution in [0.3, 0.4) is 0 Å². The Morgan fingerprint density at radius 2 is 1.89 bits per heavy atom. The van der Waals surface area contributed by atoms with Crippen molar-refractivity contribution in [2.75, 3.05) is 0 Å². The molecule has 0 saturated heterocycles. The van der Waals surface area contributed by atoms with Gasteiger partial charge in [-0.05, 0) is 26.0 Å². The molecule has 1 aromatic rings. The highest BCUT2D eigenvalue weighted by Gasteiger charge is 2.26. The predicted molar refractivity (Wildman–Crippen MR) is 70.7 cm³/mol. The Labute approximate surface area is 114 Å². The Kier molecular flexibility index (Phi) is 4.85. The maximum absolute atomic E-state index is 13.4. The molecular weight excluding hydrogens is 304 g/mol. The molecule has 0 bridgehead atoms. The van der Waals surface area contributed by atoms with E-state index in [2.05, 4.69) is 21.2 Å². The Morgan fingerprint density at radius 1 is 1.39 bits per heavy atom. The Bertz CT molecular complexity index is 426. The first-order chi connectivity index (χ1) is 8.24. The third-order valence-corrected chi connectivity index (χ3v) is 4.00. The second kappa shape index (κ2) is 5.78. The summed E-state index contributed by atoms with van der Waals surface area (Å²) >= 11 is 3.38. The molecule has 0 aromatic heterocycles. The molecular formula is C13H16BrF2NO. The van der Waals surface area contributed by atoms with E-state index in [0.717, 1.165) is 12.1 Å². The number of carbonyl (C=O) groups excluding carboxylic acids is 1. The standard InChI is InChI=1S/C13H16BrF2NO/c1-8(14)13(2,3)17-12(18)7-9-10(15)5-4-6-11(9)16/h4-6,8H,7H2,1-3H3,(H,17,18). The van der Waals surface area contributed by atoms with Gasteiger partial charge in [-0.3, -0.25) is 4.79 Å². The molecule has 0 aliphatic carbocycles. The highest BCUT2D eigenvalue weighted by molar-refractivity contribution is 9.09. The lowest BCUT2D eigenvalue weighted by Crippen LogP contribution is -2.49. The van der Waals surface area contributed by atoms with E-state index >= 15 is 0 Å². The molecule has 2 nitrogen and oxygen atoms in total. The summed E-state index contributed by atoms with van der Waals surface area (Å²) in [4.78, 5) is 11.8. The van der Waals surface area contributed by atoms with Gasteiger partial charge in [-0.2, -0.15) is 0 Å². The first-order valence-electron chi connectivity index (χ1n) is 5.62. The lowest BCUT2D eigenvalue weighted by atomic mass is 10.0. The Balaban J connectivity index is 2.77. The molecule has 0 radical (unpaired) electrons. The molecule has 1 unspecified atom stereocenters. The van der Waals surface area contributed by atoms with Crippen molar-refractivity contribution in [2.45, 2.75) is 37.6 Å². The number of halogens is 3. The van der Waals surface area contributed by atoms with Crippen molar-refractivity contribution < 1.29 is 13.6 Å². The monoisotopic (exact) mass is 319 g/mol. The van der Waals surface area contributed by atoms with Gasteiger partial charge in [0.1, 0.15) is 11.6 Å². The molecule has 100 valence electrons. The zero-order valence-corrected chi connectivity index (χ0v) is 12.1. The Morgan fingerprint density at radius 3 is 2.33 bits per heavy atom. The van der Waals surface area contributed by atoms with Crippen LogP contribution in [0.5, 0.6) is 0 Å². The number of hydrogen-bond donors (Lipinski definition) is 1. The fraction of sp³-hybridized carbons (Fsp3) is 0.462. The van der Waals surface area contributed by atoms with Crippen LogP contribution in [0.4, 0.5) is 8.78 Å². The van der Waals surface area contributed by atoms with Crippen LogP contribution < -0.4 is 5.32 Å². The van der Waals surface area contributed by atoms with Crippen LogP contribution in [0, 0.1) is 11.6 Å². The molecule has 1 atom stereocenters. The van der Waals surface area contributed by atoms with Crippen molar-refractivity contribution >= 4 is 21.8 Å². The van der Waals surface area contributed by atoms with Gasteiger partial charge in [-0.15, -0.1) is 0 Å². The topological polar surface area (TPSA) is 29.1 Å². The minimum absolute atomic E-state index is 0.0411. The number of alkyl halides is 1. The van der Waals surface area contributed by atoms with Gasteiger partial charge in [-0.1, -0.05) is 28.9 Å². The maximum atomic E-state index is 13.4. The highest BCUT2D eigenvalue weighted by atomic mass is 79.9. The van der Waals surface area contributed by atoms with Gasteiger partial charge < -0.3 is 5.32 Å². The third kappa shape index (κ3) is 3.77. The number of hydrogen-bond acceptors (Lipinski definition) is 1. The summed E-state index contributed by atoms with van der Waals surface area (Å²) in [7, 11) is 0. The molecule has 0 aliphatic rings. The summed E-state index contributed by atoms with van der Waals surface area (Å²) in [6.07, 6.45) is -0.304. The van der Waals surface area contributed by atoms with Crippen LogP contribution in [-0.2, 0) is 11.2 Å². The molecule has 1 aromatic carbocycles. The number of amides is 1. The number of carbonyl (C=O) groups is 1. The van der Waals surface area contributed by atoms with Crippen molar-refractivity contribution in [3.05, 3.63) is 35.4 Å². The van der Waals surface area contributed by atoms with Gasteiger partial charge in [0, 0.05) is 15.9 Å². The van der Waals surface area contributed by atoms with Crippen molar-refractivity contribution in [3.63, 3.8) is 0 Å². The zero-order chi connectivity index (χ0) is 13.9. The zero-order valence-electron chi connectivity index (χ0n) is 10.6. The highest BCUT2D eigenvalue weighted by Crippen LogP contribution is 2.18. The van der Waals surface area contributed by atoms with Gasteiger partial charge in [0.25, 0.3) is 0 Å². The van der Waals surface area contributed by atoms with E-state index in [4.69, 9.17) is 0 Å². The molecule has 18 heavy (non-hydrogen) atoms. The van der Waals surface area contributed by atoms with Crippen molar-refractivity contribution in [2.24, 2.45) is 0 Å². The number of rotatable bonds is 4. The normalized spacial score (nSPS) is 13.2. The SMILES string of the molecule is CC(Br)C(C)(C)NC(=O)Cc1c(F)cccc1F. The fourth-order valence-electron chi connectivity index (χ4n) is 1.36. The molecule has 1 rings (SSSR count). The van der Waals surface area contributed by atoms with E-state index in [-0.39, 0.29) is 16.8 Å². The summed E-state index contributed by atoms with van der Waals surface area (Å²) in [5.41, 5.74) is -0.688. The van der Waals surface area contributed by atoms with Gasteiger partial charge in [0.2, 0.25) is 5.91 Å². The summed E-state index contributed by atoms with van der Waals surface area (Å²) in [6, 6.07) is 3.56. The van der Waals surface area contributed by atoms with Crippen molar-refractivity contribution in [3.8, 4) is 0 Å². The fourth-order valence-corrected chi connectivity index (χ4v) is 1.48. The molecule has 0 saturated carbocycles. The van der Waals surface area contributed by atoms with Crippen LogP contribution >= 0.6 is 15.9 Å². The third-order valence-electron chi connectivity index (χ3n) is 2.86. The number of benzene rings is 1. The van der Waals surface area contributed by atoms with Crippen molar-refractivity contribution in [1.82, 2.24) is 5.32 Å². The van der Waals surface area contributed by atoms with Crippen LogP contribution in [0.15, 0.2) is 18.2 Å². The second-order valence-corrected chi connectivity index (χ2v) is 6.14. The van der Waals surface area contributed by atoms with Crippen LogP contribution in [-0.4, -0.2) is 16.3 Å². The molecule has 1 N–H and O–H groups in total. The van der Waals surface area contributed by atoms with E-state index in [1.165, 1.54) is 6.07 Å². The average molecular weight is 320 g/mol. The van der Waals surface area contributed by atoms with E-state index in [0.29, 0.717) is 0 Å². The lowest BCUT2D eigenvalue weighted by molar-refractivity contribution is -0.122. The van der Waals surface area contributed by atoms with E-state index < -0.39 is 23.1 Å². The van der Waals surface area contributed by atoms with E-state index in [1.807, 2.05) is 20.8 Å². The molecule has 0 fully saturated rings. The molecule has 0 aliphatic heterocycles. The maximum Gasteiger partial charge on any atom is 0.225 e. The molecule has 0 spiro atoms. The first-order valence-corrected chi connectivity index (χ1v) is 6.53. The summed E-state index contributed by atoms with van der Waals surface area (Å²) < 4.78 is 26.7. The van der Waals surface area contributed by atoms with E-state index in [9.17, 15) is 13.6 Å². The van der Waals surface area contributed by atoms with E-state index in [1.54, 1.807) is 0 Å². The summed E-state index contributed by atoms with van der Waals surface area (Å²) in [5, 5.41) is 2.74. The first kappa shape index (κ1) is 15.1. The van der Waals surface area contributed by atoms with Crippen LogP contribution in [0.2, 0.25) is 0 Å². The molecule has 5 heteroatoms. The average Bonchev–Trinajstić information content (AvgIpc) is 2.22. The molecule has 0 heterocycles. The van der Waals surface area contributed by atoms with Gasteiger partial charge in [0.05, 0.1) is 6.42 Å². The Hall–Kier alpha value is -0.970. The van der Waals surface area contributed by atoms with Gasteiger partial charge in [0.15, 0.2) is 0 Å². The lowest BCUT2D eigenvalue weighted by Gasteiger charge is -2.29. The minimum Gasteiger partial charge on any atom is -0.350 e. The second-order valence-electron chi connectivity index (χ2n) is 4.76. The van der Waals surface area contributed by atoms with Crippen LogP contribution in [0.25, 0.3) is 0 Å².